The lowest BCUT2D eigenvalue weighted by molar-refractivity contribution is 0.0940. The summed E-state index contributed by atoms with van der Waals surface area (Å²) in [6.07, 6.45) is 0. The molecule has 6 heteroatoms. The molecule has 0 spiro atoms. The Balaban J connectivity index is 1.52. The Morgan fingerprint density at radius 3 is 2.57 bits per heavy atom. The van der Waals surface area contributed by atoms with Gasteiger partial charge in [0.2, 0.25) is 0 Å². The van der Waals surface area contributed by atoms with Gasteiger partial charge in [-0.25, -0.2) is 4.98 Å². The molecule has 3 aromatic carbocycles. The van der Waals surface area contributed by atoms with Gasteiger partial charge in [0.05, 0.1) is 10.9 Å². The van der Waals surface area contributed by atoms with Crippen LogP contribution in [0.25, 0.3) is 22.0 Å². The van der Waals surface area contributed by atoms with Crippen molar-refractivity contribution in [3.63, 3.8) is 0 Å². The predicted octanol–water partition coefficient (Wildman–Crippen LogP) is 3.23. The second-order valence-electron chi connectivity index (χ2n) is 6.36. The number of hydrogen-bond acceptors (Lipinski definition) is 4. The van der Waals surface area contributed by atoms with Crippen LogP contribution >= 0.6 is 0 Å². The van der Waals surface area contributed by atoms with Gasteiger partial charge in [-0.05, 0) is 47.0 Å². The van der Waals surface area contributed by atoms with Gasteiger partial charge in [-0.15, -0.1) is 0 Å². The minimum atomic E-state index is -0.446. The topological polar surface area (TPSA) is 95.1 Å². The molecule has 1 aromatic heterocycles. The number of amides is 1. The van der Waals surface area contributed by atoms with E-state index in [-0.39, 0.29) is 17.1 Å². The van der Waals surface area contributed by atoms with Crippen molar-refractivity contribution in [1.82, 2.24) is 15.3 Å². The molecule has 4 aromatic rings. The molecule has 6 nitrogen and oxygen atoms in total. The summed E-state index contributed by atoms with van der Waals surface area (Å²) < 4.78 is 0. The fraction of sp³-hybridized carbons (Fsp3) is 0.0455. The van der Waals surface area contributed by atoms with Gasteiger partial charge in [0.15, 0.2) is 5.82 Å². The third kappa shape index (κ3) is 3.61. The Bertz CT molecular complexity index is 1210. The lowest BCUT2D eigenvalue weighted by atomic mass is 10.0. The van der Waals surface area contributed by atoms with Crippen LogP contribution in [-0.2, 0) is 6.54 Å². The first-order valence-corrected chi connectivity index (χ1v) is 8.76. The zero-order chi connectivity index (χ0) is 19.5. The van der Waals surface area contributed by atoms with Crippen molar-refractivity contribution >= 4 is 16.8 Å². The molecule has 3 N–H and O–H groups in total. The third-order valence-corrected chi connectivity index (χ3v) is 4.41. The summed E-state index contributed by atoms with van der Waals surface area (Å²) >= 11 is 0. The number of carbonyl (C=O) groups excluding carboxylic acids is 1. The number of rotatable bonds is 4. The summed E-state index contributed by atoms with van der Waals surface area (Å²) in [5.41, 5.74) is 2.98. The zero-order valence-corrected chi connectivity index (χ0v) is 14.8. The Morgan fingerprint density at radius 1 is 0.964 bits per heavy atom. The number of benzene rings is 3. The molecule has 0 aliphatic rings. The molecule has 1 heterocycles. The maximum Gasteiger partial charge on any atom is 0.287 e. The van der Waals surface area contributed by atoms with Gasteiger partial charge in [-0.2, -0.15) is 0 Å². The van der Waals surface area contributed by atoms with Gasteiger partial charge < -0.3 is 15.4 Å². The van der Waals surface area contributed by atoms with Crippen LogP contribution in [0.1, 0.15) is 16.2 Å². The zero-order valence-electron chi connectivity index (χ0n) is 14.8. The lowest BCUT2D eigenvalue weighted by Crippen LogP contribution is -2.27. The molecule has 138 valence electrons. The fourth-order valence-electron chi connectivity index (χ4n) is 2.97. The highest BCUT2D eigenvalue weighted by molar-refractivity contribution is 5.92. The van der Waals surface area contributed by atoms with Crippen LogP contribution in [0, 0.1) is 0 Å². The maximum atomic E-state index is 12.4. The van der Waals surface area contributed by atoms with E-state index in [0.717, 1.165) is 16.7 Å². The van der Waals surface area contributed by atoms with E-state index in [1.807, 2.05) is 36.4 Å². The quantitative estimate of drug-likeness (QED) is 0.513. The van der Waals surface area contributed by atoms with E-state index < -0.39 is 5.91 Å². The Kier molecular flexibility index (Phi) is 4.60. The lowest BCUT2D eigenvalue weighted by Gasteiger charge is -2.08. The minimum Gasteiger partial charge on any atom is -0.508 e. The first-order valence-electron chi connectivity index (χ1n) is 8.76. The highest BCUT2D eigenvalue weighted by atomic mass is 16.3. The standard InChI is InChI=1S/C22H17N3O3/c26-17-10-8-15(9-11-17)16-5-3-4-14(12-16)13-23-22(28)20-24-19-7-2-1-6-18(19)21(27)25-20/h1-12,26H,13H2,(H,23,28)(H,24,25,27). The van der Waals surface area contributed by atoms with Crippen molar-refractivity contribution in [2.75, 3.05) is 0 Å². The van der Waals surface area contributed by atoms with E-state index in [2.05, 4.69) is 15.3 Å². The fourth-order valence-corrected chi connectivity index (χ4v) is 2.97. The largest absolute Gasteiger partial charge is 0.508 e. The van der Waals surface area contributed by atoms with Gasteiger partial charge >= 0.3 is 0 Å². The second kappa shape index (κ2) is 7.36. The van der Waals surface area contributed by atoms with Gasteiger partial charge in [0.1, 0.15) is 5.75 Å². The van der Waals surface area contributed by atoms with Crippen molar-refractivity contribution < 1.29 is 9.90 Å². The van der Waals surface area contributed by atoms with Crippen molar-refractivity contribution in [3.05, 3.63) is 94.5 Å². The van der Waals surface area contributed by atoms with Gasteiger partial charge in [-0.1, -0.05) is 42.5 Å². The SMILES string of the molecule is O=C(NCc1cccc(-c2ccc(O)cc2)c1)c1nc2ccccc2c(=O)[nH]1. The number of H-pyrrole nitrogens is 1. The number of carbonyl (C=O) groups is 1. The number of aromatic nitrogens is 2. The molecule has 0 fully saturated rings. The normalized spacial score (nSPS) is 10.7. The van der Waals surface area contributed by atoms with Crippen molar-refractivity contribution in [3.8, 4) is 16.9 Å². The Hall–Kier alpha value is -3.93. The van der Waals surface area contributed by atoms with Gasteiger partial charge in [0, 0.05) is 6.54 Å². The molecule has 0 atom stereocenters. The van der Waals surface area contributed by atoms with E-state index in [1.165, 1.54) is 0 Å². The van der Waals surface area contributed by atoms with E-state index in [9.17, 15) is 14.7 Å². The molecular weight excluding hydrogens is 354 g/mol. The van der Waals surface area contributed by atoms with E-state index in [1.54, 1.807) is 36.4 Å². The number of phenols is 1. The molecule has 0 saturated carbocycles. The van der Waals surface area contributed by atoms with Crippen LogP contribution in [0.15, 0.2) is 77.6 Å². The molecule has 0 unspecified atom stereocenters. The molecule has 4 rings (SSSR count). The number of nitrogens with one attached hydrogen (secondary N) is 2. The maximum absolute atomic E-state index is 12.4. The molecule has 0 radical (unpaired) electrons. The van der Waals surface area contributed by atoms with E-state index >= 15 is 0 Å². The van der Waals surface area contributed by atoms with Crippen LogP contribution in [0.4, 0.5) is 0 Å². The van der Waals surface area contributed by atoms with Gasteiger partial charge in [-0.3, -0.25) is 9.59 Å². The van der Waals surface area contributed by atoms with E-state index in [4.69, 9.17) is 0 Å². The number of aromatic hydroxyl groups is 1. The van der Waals surface area contributed by atoms with Crippen molar-refractivity contribution in [2.45, 2.75) is 6.54 Å². The average molecular weight is 371 g/mol. The van der Waals surface area contributed by atoms with Crippen molar-refractivity contribution in [1.29, 1.82) is 0 Å². The monoisotopic (exact) mass is 371 g/mol. The molecule has 1 amide bonds. The average Bonchev–Trinajstić information content (AvgIpc) is 2.73. The molecule has 0 saturated heterocycles. The number of nitrogens with zero attached hydrogens (tertiary/aromatic N) is 1. The van der Waals surface area contributed by atoms with Crippen LogP contribution in [0.2, 0.25) is 0 Å². The molecule has 0 bridgehead atoms. The van der Waals surface area contributed by atoms with E-state index in [0.29, 0.717) is 17.4 Å². The van der Waals surface area contributed by atoms with Crippen LogP contribution in [-0.4, -0.2) is 21.0 Å². The van der Waals surface area contributed by atoms with Gasteiger partial charge in [0.25, 0.3) is 11.5 Å². The summed E-state index contributed by atoms with van der Waals surface area (Å²) in [4.78, 5) is 31.3. The molecular formula is C22H17N3O3. The highest BCUT2D eigenvalue weighted by Gasteiger charge is 2.11. The molecule has 28 heavy (non-hydrogen) atoms. The van der Waals surface area contributed by atoms with Crippen LogP contribution in [0.3, 0.4) is 0 Å². The summed E-state index contributed by atoms with van der Waals surface area (Å²) in [6, 6.07) is 21.5. The van der Waals surface area contributed by atoms with Crippen molar-refractivity contribution in [2.24, 2.45) is 0 Å². The Morgan fingerprint density at radius 2 is 1.75 bits per heavy atom. The second-order valence-corrected chi connectivity index (χ2v) is 6.36. The van der Waals surface area contributed by atoms with Crippen LogP contribution < -0.4 is 10.9 Å². The smallest absolute Gasteiger partial charge is 0.287 e. The summed E-state index contributed by atoms with van der Waals surface area (Å²) in [6.45, 7) is 0.293. The minimum absolute atomic E-state index is 0.0154. The third-order valence-electron chi connectivity index (χ3n) is 4.41. The predicted molar refractivity (Wildman–Crippen MR) is 107 cm³/mol. The van der Waals surface area contributed by atoms with Crippen LogP contribution in [0.5, 0.6) is 5.75 Å². The number of aromatic amines is 1. The highest BCUT2D eigenvalue weighted by Crippen LogP contribution is 2.22. The number of phenolic OH excluding ortho intramolecular Hbond substituents is 1. The first kappa shape index (κ1) is 17.5. The molecule has 0 aliphatic carbocycles. The number of fused-ring (bicyclic) bond motifs is 1. The number of para-hydroxylation sites is 1. The molecule has 0 aliphatic heterocycles. The number of hydrogen-bond donors (Lipinski definition) is 3. The Labute approximate surface area is 160 Å². The summed E-state index contributed by atoms with van der Waals surface area (Å²) in [7, 11) is 0. The summed E-state index contributed by atoms with van der Waals surface area (Å²) in [5, 5.41) is 12.6. The summed E-state index contributed by atoms with van der Waals surface area (Å²) in [5.74, 6) is -0.250. The first-order chi connectivity index (χ1) is 13.6.